The summed E-state index contributed by atoms with van der Waals surface area (Å²) < 4.78 is 5.43. The topological polar surface area (TPSA) is 120 Å². The molecule has 1 atom stereocenters. The van der Waals surface area contributed by atoms with E-state index < -0.39 is 10.8 Å². The summed E-state index contributed by atoms with van der Waals surface area (Å²) in [6.07, 6.45) is 3.86. The summed E-state index contributed by atoms with van der Waals surface area (Å²) in [5.41, 5.74) is 5.03. The molecule has 1 saturated heterocycles. The van der Waals surface area contributed by atoms with Crippen LogP contribution in [0.2, 0.25) is 0 Å². The molecule has 3 N–H and O–H groups in total. The van der Waals surface area contributed by atoms with Crippen LogP contribution in [-0.4, -0.2) is 35.1 Å². The molecule has 0 radical (unpaired) electrons. The SMILES string of the molecule is Nc1cc(C(=O)NCCC2CCCO2)c([N+](=O)[O-])cn1. The van der Waals surface area contributed by atoms with E-state index in [-0.39, 0.29) is 23.2 Å². The molecule has 1 aliphatic heterocycles. The van der Waals surface area contributed by atoms with Gasteiger partial charge in [-0.3, -0.25) is 14.9 Å². The van der Waals surface area contributed by atoms with Crippen molar-refractivity contribution in [2.24, 2.45) is 0 Å². The number of carbonyl (C=O) groups is 1. The third-order valence-corrected chi connectivity index (χ3v) is 3.12. The number of hydrogen-bond acceptors (Lipinski definition) is 6. The van der Waals surface area contributed by atoms with Gasteiger partial charge in [0, 0.05) is 13.2 Å². The number of ether oxygens (including phenoxy) is 1. The maximum Gasteiger partial charge on any atom is 0.300 e. The number of nitrogens with two attached hydrogens (primary N) is 1. The highest BCUT2D eigenvalue weighted by Crippen LogP contribution is 2.19. The van der Waals surface area contributed by atoms with Crippen LogP contribution in [0, 0.1) is 10.1 Å². The number of nitrogen functional groups attached to an aromatic ring is 1. The van der Waals surface area contributed by atoms with E-state index in [2.05, 4.69) is 10.3 Å². The number of nitro groups is 1. The van der Waals surface area contributed by atoms with E-state index in [0.29, 0.717) is 13.0 Å². The monoisotopic (exact) mass is 280 g/mol. The lowest BCUT2D eigenvalue weighted by Gasteiger charge is -2.10. The summed E-state index contributed by atoms with van der Waals surface area (Å²) >= 11 is 0. The van der Waals surface area contributed by atoms with Gasteiger partial charge in [0.2, 0.25) is 0 Å². The summed E-state index contributed by atoms with van der Waals surface area (Å²) in [4.78, 5) is 25.8. The number of carbonyl (C=O) groups excluding carboxylic acids is 1. The van der Waals surface area contributed by atoms with Gasteiger partial charge in [-0.2, -0.15) is 0 Å². The summed E-state index contributed by atoms with van der Waals surface area (Å²) in [5, 5.41) is 13.5. The van der Waals surface area contributed by atoms with Crippen LogP contribution in [0.1, 0.15) is 29.6 Å². The highest BCUT2D eigenvalue weighted by atomic mass is 16.6. The zero-order valence-electron chi connectivity index (χ0n) is 10.9. The van der Waals surface area contributed by atoms with Crippen molar-refractivity contribution in [1.82, 2.24) is 10.3 Å². The molecule has 20 heavy (non-hydrogen) atoms. The second-order valence-electron chi connectivity index (χ2n) is 4.56. The number of anilines is 1. The van der Waals surface area contributed by atoms with E-state index in [9.17, 15) is 14.9 Å². The molecule has 0 aliphatic carbocycles. The van der Waals surface area contributed by atoms with Crippen LogP contribution in [0.15, 0.2) is 12.3 Å². The highest BCUT2D eigenvalue weighted by molar-refractivity contribution is 5.98. The lowest BCUT2D eigenvalue weighted by Crippen LogP contribution is -2.27. The van der Waals surface area contributed by atoms with Crippen molar-refractivity contribution in [3.63, 3.8) is 0 Å². The van der Waals surface area contributed by atoms with Gasteiger partial charge in [0.05, 0.1) is 11.0 Å². The van der Waals surface area contributed by atoms with E-state index in [1.54, 1.807) is 0 Å². The molecule has 1 aliphatic rings. The molecular formula is C12H16N4O4. The third kappa shape index (κ3) is 3.41. The molecule has 108 valence electrons. The van der Waals surface area contributed by atoms with Crippen LogP contribution in [0.4, 0.5) is 11.5 Å². The van der Waals surface area contributed by atoms with E-state index in [1.165, 1.54) is 6.07 Å². The molecule has 1 unspecified atom stereocenters. The van der Waals surface area contributed by atoms with Crippen molar-refractivity contribution < 1.29 is 14.5 Å². The Morgan fingerprint density at radius 3 is 3.10 bits per heavy atom. The molecule has 8 nitrogen and oxygen atoms in total. The Balaban J connectivity index is 1.97. The smallest absolute Gasteiger partial charge is 0.300 e. The van der Waals surface area contributed by atoms with Gasteiger partial charge in [-0.25, -0.2) is 4.98 Å². The molecule has 1 fully saturated rings. The number of amides is 1. The van der Waals surface area contributed by atoms with E-state index in [4.69, 9.17) is 10.5 Å². The number of hydrogen-bond donors (Lipinski definition) is 2. The van der Waals surface area contributed by atoms with Gasteiger partial charge >= 0.3 is 0 Å². The Morgan fingerprint density at radius 1 is 1.65 bits per heavy atom. The number of rotatable bonds is 5. The van der Waals surface area contributed by atoms with Crippen LogP contribution in [-0.2, 0) is 4.74 Å². The molecule has 1 amide bonds. The number of nitrogens with one attached hydrogen (secondary N) is 1. The van der Waals surface area contributed by atoms with Gasteiger partial charge in [-0.15, -0.1) is 0 Å². The Kier molecular flexibility index (Phi) is 4.46. The van der Waals surface area contributed by atoms with Gasteiger partial charge in [0.1, 0.15) is 17.6 Å². The predicted octanol–water partition coefficient (Wildman–Crippen LogP) is 0.871. The van der Waals surface area contributed by atoms with Crippen molar-refractivity contribution in [2.45, 2.75) is 25.4 Å². The van der Waals surface area contributed by atoms with Gasteiger partial charge < -0.3 is 15.8 Å². The molecule has 0 aromatic carbocycles. The lowest BCUT2D eigenvalue weighted by molar-refractivity contribution is -0.385. The fourth-order valence-electron chi connectivity index (χ4n) is 2.11. The van der Waals surface area contributed by atoms with Crippen molar-refractivity contribution >= 4 is 17.4 Å². The molecule has 0 spiro atoms. The first-order valence-electron chi connectivity index (χ1n) is 6.37. The van der Waals surface area contributed by atoms with Crippen LogP contribution in [0.25, 0.3) is 0 Å². The normalized spacial score (nSPS) is 17.9. The predicted molar refractivity (Wildman–Crippen MR) is 71.2 cm³/mol. The zero-order valence-corrected chi connectivity index (χ0v) is 10.9. The average Bonchev–Trinajstić information content (AvgIpc) is 2.91. The fraction of sp³-hybridized carbons (Fsp3) is 0.500. The van der Waals surface area contributed by atoms with E-state index in [1.807, 2.05) is 0 Å². The van der Waals surface area contributed by atoms with E-state index in [0.717, 1.165) is 25.6 Å². The van der Waals surface area contributed by atoms with Crippen LogP contribution < -0.4 is 11.1 Å². The van der Waals surface area contributed by atoms with Crippen molar-refractivity contribution in [3.8, 4) is 0 Å². The van der Waals surface area contributed by atoms with Gasteiger partial charge in [0.25, 0.3) is 11.6 Å². The summed E-state index contributed by atoms with van der Waals surface area (Å²) in [7, 11) is 0. The van der Waals surface area contributed by atoms with Crippen molar-refractivity contribution in [2.75, 3.05) is 18.9 Å². The second kappa shape index (κ2) is 6.29. The maximum atomic E-state index is 12.0. The summed E-state index contributed by atoms with van der Waals surface area (Å²) in [6.45, 7) is 1.16. The van der Waals surface area contributed by atoms with Crippen molar-refractivity contribution in [1.29, 1.82) is 0 Å². The molecule has 2 heterocycles. The first-order chi connectivity index (χ1) is 9.58. The second-order valence-corrected chi connectivity index (χ2v) is 4.56. The standard InChI is InChI=1S/C12H16N4O4/c13-11-6-9(10(7-15-11)16(18)19)12(17)14-4-3-8-2-1-5-20-8/h6-8H,1-5H2,(H2,13,15)(H,14,17). The first kappa shape index (κ1) is 14.2. The Bertz CT molecular complexity index is 514. The minimum atomic E-state index is -0.651. The summed E-state index contributed by atoms with van der Waals surface area (Å²) in [6, 6.07) is 1.21. The van der Waals surface area contributed by atoms with E-state index >= 15 is 0 Å². The van der Waals surface area contributed by atoms with Crippen LogP contribution >= 0.6 is 0 Å². The van der Waals surface area contributed by atoms with Gasteiger partial charge in [-0.1, -0.05) is 0 Å². The quantitative estimate of drug-likeness (QED) is 0.610. The third-order valence-electron chi connectivity index (χ3n) is 3.12. The maximum absolute atomic E-state index is 12.0. The van der Waals surface area contributed by atoms with Crippen molar-refractivity contribution in [3.05, 3.63) is 27.9 Å². The first-order valence-corrected chi connectivity index (χ1v) is 6.37. The molecule has 1 aromatic heterocycles. The minimum absolute atomic E-state index is 0.0693. The number of pyridine rings is 1. The number of nitrogens with zero attached hydrogens (tertiary/aromatic N) is 2. The lowest BCUT2D eigenvalue weighted by atomic mass is 10.1. The molecule has 2 rings (SSSR count). The molecule has 8 heteroatoms. The van der Waals surface area contributed by atoms with Crippen LogP contribution in [0.3, 0.4) is 0 Å². The average molecular weight is 280 g/mol. The van der Waals surface area contributed by atoms with Crippen LogP contribution in [0.5, 0.6) is 0 Å². The Morgan fingerprint density at radius 2 is 2.45 bits per heavy atom. The fourth-order valence-corrected chi connectivity index (χ4v) is 2.11. The highest BCUT2D eigenvalue weighted by Gasteiger charge is 2.21. The summed E-state index contributed by atoms with van der Waals surface area (Å²) in [5.74, 6) is -0.455. The van der Waals surface area contributed by atoms with Gasteiger partial charge in [-0.05, 0) is 25.3 Å². The Hall–Kier alpha value is -2.22. The molecule has 0 saturated carbocycles. The van der Waals surface area contributed by atoms with Gasteiger partial charge in [0.15, 0.2) is 0 Å². The number of aromatic nitrogens is 1. The zero-order chi connectivity index (χ0) is 14.5. The Labute approximate surface area is 115 Å². The minimum Gasteiger partial charge on any atom is -0.384 e. The molecule has 1 aromatic rings. The molecular weight excluding hydrogens is 264 g/mol. The largest absolute Gasteiger partial charge is 0.384 e. The molecule has 0 bridgehead atoms.